The topological polar surface area (TPSA) is 66.4 Å². The molecule has 0 saturated heterocycles. The van der Waals surface area contributed by atoms with E-state index < -0.39 is 10.0 Å². The third-order valence-electron chi connectivity index (χ3n) is 3.67. The second-order valence-corrected chi connectivity index (χ2v) is 7.77. The maximum Gasteiger partial charge on any atom is 0.233 e. The van der Waals surface area contributed by atoms with E-state index in [9.17, 15) is 8.42 Å². The van der Waals surface area contributed by atoms with Gasteiger partial charge in [0.1, 0.15) is 0 Å². The first-order chi connectivity index (χ1) is 12.0. The summed E-state index contributed by atoms with van der Waals surface area (Å²) in [6.07, 6.45) is 3.75. The highest BCUT2D eigenvalue weighted by molar-refractivity contribution is 7.92. The number of aryl methyl sites for hydroxylation is 1. The van der Waals surface area contributed by atoms with E-state index in [0.717, 1.165) is 29.4 Å². The Kier molecular flexibility index (Phi) is 7.65. The first-order valence-corrected chi connectivity index (χ1v) is 10.0. The molecule has 0 aliphatic rings. The van der Waals surface area contributed by atoms with Gasteiger partial charge in [0, 0.05) is 23.6 Å². The minimum atomic E-state index is -3.47. The molecule has 134 valence electrons. The average Bonchev–Trinajstić information content (AvgIpc) is 2.60. The summed E-state index contributed by atoms with van der Waals surface area (Å²) in [7, 11) is -3.47. The smallest absolute Gasteiger partial charge is 0.233 e. The van der Waals surface area contributed by atoms with Gasteiger partial charge in [-0.25, -0.2) is 13.1 Å². The van der Waals surface area contributed by atoms with Gasteiger partial charge in [-0.3, -0.25) is 0 Å². The summed E-state index contributed by atoms with van der Waals surface area (Å²) in [5.41, 5.74) is 3.01. The lowest BCUT2D eigenvalue weighted by Gasteiger charge is -2.05. The summed E-state index contributed by atoms with van der Waals surface area (Å²) < 4.78 is 26.5. The number of hydrogen-bond acceptors (Lipinski definition) is 3. The maximum atomic E-state index is 12.0. The largest absolute Gasteiger partial charge is 0.396 e. The third-order valence-corrected chi connectivity index (χ3v) is 5.03. The van der Waals surface area contributed by atoms with Gasteiger partial charge in [0.25, 0.3) is 0 Å². The first-order valence-electron chi connectivity index (χ1n) is 8.10. The van der Waals surface area contributed by atoms with E-state index >= 15 is 0 Å². The van der Waals surface area contributed by atoms with Crippen molar-refractivity contribution in [3.8, 4) is 0 Å². The van der Waals surface area contributed by atoms with E-state index in [2.05, 4.69) is 4.72 Å². The van der Waals surface area contributed by atoms with Crippen LogP contribution in [0.4, 0.5) is 0 Å². The van der Waals surface area contributed by atoms with Gasteiger partial charge >= 0.3 is 0 Å². The van der Waals surface area contributed by atoms with Crippen molar-refractivity contribution >= 4 is 27.7 Å². The first kappa shape index (κ1) is 19.7. The molecular weight excluding hydrogens is 358 g/mol. The van der Waals surface area contributed by atoms with Crippen LogP contribution in [-0.4, -0.2) is 26.7 Å². The average molecular weight is 380 g/mol. The molecule has 0 bridgehead atoms. The van der Waals surface area contributed by atoms with Gasteiger partial charge in [-0.05, 0) is 54.2 Å². The minimum Gasteiger partial charge on any atom is -0.396 e. The number of halogens is 1. The van der Waals surface area contributed by atoms with Crippen LogP contribution in [0.3, 0.4) is 0 Å². The highest BCUT2D eigenvalue weighted by atomic mass is 35.5. The van der Waals surface area contributed by atoms with Crippen molar-refractivity contribution in [1.29, 1.82) is 0 Å². The van der Waals surface area contributed by atoms with Gasteiger partial charge < -0.3 is 5.11 Å². The monoisotopic (exact) mass is 379 g/mol. The lowest BCUT2D eigenvalue weighted by atomic mass is 10.1. The third kappa shape index (κ3) is 7.40. The standard InChI is InChI=1S/C19H22ClNO3S/c20-19-9-7-18(8-10-19)12-15-25(23,24)21-13-11-17-5-3-16(4-6-17)2-1-14-22/h3-10,12,15,21-22H,1-2,11,13-14H2. The van der Waals surface area contributed by atoms with Crippen LogP contribution in [0.1, 0.15) is 23.1 Å². The summed E-state index contributed by atoms with van der Waals surface area (Å²) in [5.74, 6) is 0. The van der Waals surface area contributed by atoms with E-state index in [1.54, 1.807) is 24.3 Å². The molecule has 2 rings (SSSR count). The van der Waals surface area contributed by atoms with Crippen molar-refractivity contribution in [2.45, 2.75) is 19.3 Å². The molecule has 0 heterocycles. The zero-order chi connectivity index (χ0) is 18.1. The zero-order valence-electron chi connectivity index (χ0n) is 13.9. The van der Waals surface area contributed by atoms with Crippen molar-refractivity contribution in [1.82, 2.24) is 4.72 Å². The Morgan fingerprint density at radius 1 is 0.960 bits per heavy atom. The molecule has 0 atom stereocenters. The van der Waals surface area contributed by atoms with E-state index in [-0.39, 0.29) is 6.61 Å². The molecular formula is C19H22ClNO3S. The molecule has 0 aromatic heterocycles. The second kappa shape index (κ2) is 9.73. The van der Waals surface area contributed by atoms with Crippen molar-refractivity contribution in [2.24, 2.45) is 0 Å². The van der Waals surface area contributed by atoms with Gasteiger partial charge in [-0.2, -0.15) is 0 Å². The van der Waals surface area contributed by atoms with Crippen LogP contribution in [-0.2, 0) is 22.9 Å². The van der Waals surface area contributed by atoms with Crippen LogP contribution in [0.5, 0.6) is 0 Å². The van der Waals surface area contributed by atoms with Crippen LogP contribution in [0.2, 0.25) is 5.02 Å². The van der Waals surface area contributed by atoms with Gasteiger partial charge in [0.2, 0.25) is 10.0 Å². The van der Waals surface area contributed by atoms with Gasteiger partial charge in [0.15, 0.2) is 0 Å². The van der Waals surface area contributed by atoms with Gasteiger partial charge in [-0.15, -0.1) is 0 Å². The van der Waals surface area contributed by atoms with Crippen LogP contribution >= 0.6 is 11.6 Å². The molecule has 25 heavy (non-hydrogen) atoms. The number of hydrogen-bond donors (Lipinski definition) is 2. The highest BCUT2D eigenvalue weighted by Gasteiger charge is 2.04. The molecule has 0 saturated carbocycles. The number of aliphatic hydroxyl groups excluding tert-OH is 1. The van der Waals surface area contributed by atoms with Gasteiger partial charge in [0.05, 0.1) is 0 Å². The summed E-state index contributed by atoms with van der Waals surface area (Å²) >= 11 is 5.80. The molecule has 2 aromatic carbocycles. The number of aliphatic hydroxyl groups is 1. The predicted molar refractivity (Wildman–Crippen MR) is 103 cm³/mol. The fraction of sp³-hybridized carbons (Fsp3) is 0.263. The van der Waals surface area contributed by atoms with E-state index in [1.165, 1.54) is 11.6 Å². The number of sulfonamides is 1. The van der Waals surface area contributed by atoms with E-state index in [0.29, 0.717) is 18.0 Å². The van der Waals surface area contributed by atoms with Crippen molar-refractivity contribution in [3.63, 3.8) is 0 Å². The lowest BCUT2D eigenvalue weighted by Crippen LogP contribution is -2.23. The number of nitrogens with one attached hydrogen (secondary N) is 1. The molecule has 0 fully saturated rings. The minimum absolute atomic E-state index is 0.188. The molecule has 0 spiro atoms. The Labute approximate surface area is 154 Å². The molecule has 0 aliphatic heterocycles. The van der Waals surface area contributed by atoms with Gasteiger partial charge in [-0.1, -0.05) is 48.0 Å². The number of rotatable bonds is 9. The molecule has 6 heteroatoms. The van der Waals surface area contributed by atoms with Crippen molar-refractivity contribution in [2.75, 3.05) is 13.2 Å². The lowest BCUT2D eigenvalue weighted by molar-refractivity contribution is 0.288. The molecule has 2 N–H and O–H groups in total. The van der Waals surface area contributed by atoms with Crippen LogP contribution in [0.25, 0.3) is 6.08 Å². The normalized spacial score (nSPS) is 11.9. The van der Waals surface area contributed by atoms with E-state index in [4.69, 9.17) is 16.7 Å². The molecule has 0 radical (unpaired) electrons. The summed E-state index contributed by atoms with van der Waals surface area (Å²) in [4.78, 5) is 0. The Hall–Kier alpha value is -1.66. The second-order valence-electron chi connectivity index (χ2n) is 5.69. The Balaban J connectivity index is 1.82. The van der Waals surface area contributed by atoms with Crippen LogP contribution in [0, 0.1) is 0 Å². The summed E-state index contributed by atoms with van der Waals surface area (Å²) in [6.45, 7) is 0.524. The summed E-state index contributed by atoms with van der Waals surface area (Å²) in [5, 5.41) is 10.6. The summed E-state index contributed by atoms with van der Waals surface area (Å²) in [6, 6.07) is 14.9. The quantitative estimate of drug-likeness (QED) is 0.701. The number of benzene rings is 2. The molecule has 4 nitrogen and oxygen atoms in total. The molecule has 0 amide bonds. The predicted octanol–water partition coefficient (Wildman–Crippen LogP) is 3.40. The Bertz CT molecular complexity index is 784. The Morgan fingerprint density at radius 2 is 1.56 bits per heavy atom. The van der Waals surface area contributed by atoms with E-state index in [1.807, 2.05) is 24.3 Å². The Morgan fingerprint density at radius 3 is 2.16 bits per heavy atom. The maximum absolute atomic E-state index is 12.0. The highest BCUT2D eigenvalue weighted by Crippen LogP contribution is 2.11. The molecule has 0 unspecified atom stereocenters. The SMILES string of the molecule is O=S(=O)(C=Cc1ccc(Cl)cc1)NCCc1ccc(CCCO)cc1. The van der Waals surface area contributed by atoms with Crippen molar-refractivity contribution in [3.05, 3.63) is 75.7 Å². The van der Waals surface area contributed by atoms with Crippen LogP contribution < -0.4 is 4.72 Å². The van der Waals surface area contributed by atoms with Crippen LogP contribution in [0.15, 0.2) is 53.9 Å². The fourth-order valence-electron chi connectivity index (χ4n) is 2.28. The molecule has 2 aromatic rings. The van der Waals surface area contributed by atoms with Crippen molar-refractivity contribution < 1.29 is 13.5 Å². The zero-order valence-corrected chi connectivity index (χ0v) is 15.4. The molecule has 0 aliphatic carbocycles. The fourth-order valence-corrected chi connectivity index (χ4v) is 3.23.